The highest BCUT2D eigenvalue weighted by molar-refractivity contribution is 7.92. The number of rotatable bonds is 11. The Morgan fingerprint density at radius 3 is 2.15 bits per heavy atom. The molecular formula is C30H29ClN2O6S. The van der Waals surface area contributed by atoms with Crippen LogP contribution in [0.15, 0.2) is 95.9 Å². The second-order valence-electron chi connectivity index (χ2n) is 8.83. The zero-order valence-corrected chi connectivity index (χ0v) is 23.8. The lowest BCUT2D eigenvalue weighted by Gasteiger charge is -2.25. The second-order valence-corrected chi connectivity index (χ2v) is 11.1. The van der Waals surface area contributed by atoms with Crippen LogP contribution in [0.4, 0.5) is 11.4 Å². The van der Waals surface area contributed by atoms with Gasteiger partial charge in [-0.3, -0.25) is 9.10 Å². The largest absolute Gasteiger partial charge is 0.495 e. The molecule has 0 spiro atoms. The van der Waals surface area contributed by atoms with E-state index in [9.17, 15) is 13.2 Å². The van der Waals surface area contributed by atoms with E-state index in [4.69, 9.17) is 25.8 Å². The van der Waals surface area contributed by atoms with E-state index in [0.717, 1.165) is 11.1 Å². The number of hydrogen-bond acceptors (Lipinski definition) is 6. The molecule has 0 aliphatic rings. The fourth-order valence-electron chi connectivity index (χ4n) is 3.90. The lowest BCUT2D eigenvalue weighted by Crippen LogP contribution is -2.30. The van der Waals surface area contributed by atoms with Gasteiger partial charge in [0.05, 0.1) is 42.1 Å². The minimum atomic E-state index is -3.86. The summed E-state index contributed by atoms with van der Waals surface area (Å²) in [4.78, 5) is 12.8. The van der Waals surface area contributed by atoms with Crippen LogP contribution < -0.4 is 23.8 Å². The van der Waals surface area contributed by atoms with Gasteiger partial charge in [0.25, 0.3) is 15.9 Å². The Labute approximate surface area is 239 Å². The SMILES string of the molecule is COc1cc(NC(=O)COc2ccc(N(Cc3ccccc3)S(=O)(=O)c3ccc(C)cc3)cc2)c(OC)cc1Cl. The fourth-order valence-corrected chi connectivity index (χ4v) is 5.59. The first-order valence-electron chi connectivity index (χ1n) is 12.3. The first-order chi connectivity index (χ1) is 19.2. The molecule has 0 atom stereocenters. The monoisotopic (exact) mass is 580 g/mol. The normalized spacial score (nSPS) is 11.0. The molecule has 0 aromatic heterocycles. The molecule has 8 nitrogen and oxygen atoms in total. The van der Waals surface area contributed by atoms with E-state index in [2.05, 4.69) is 5.32 Å². The van der Waals surface area contributed by atoms with E-state index in [1.54, 1.807) is 60.7 Å². The number of anilines is 2. The number of amides is 1. The van der Waals surface area contributed by atoms with Crippen molar-refractivity contribution >= 4 is 38.9 Å². The lowest BCUT2D eigenvalue weighted by molar-refractivity contribution is -0.118. The van der Waals surface area contributed by atoms with Gasteiger partial charge in [-0.25, -0.2) is 8.42 Å². The van der Waals surface area contributed by atoms with Crippen molar-refractivity contribution in [2.24, 2.45) is 0 Å². The summed E-state index contributed by atoms with van der Waals surface area (Å²) in [5.41, 5.74) is 2.64. The molecule has 0 heterocycles. The summed E-state index contributed by atoms with van der Waals surface area (Å²) in [7, 11) is -0.925. The molecule has 0 aliphatic carbocycles. The van der Waals surface area contributed by atoms with E-state index in [0.29, 0.717) is 33.6 Å². The van der Waals surface area contributed by atoms with Gasteiger partial charge < -0.3 is 19.5 Å². The molecule has 0 saturated heterocycles. The molecule has 0 bridgehead atoms. The summed E-state index contributed by atoms with van der Waals surface area (Å²) in [5.74, 6) is 0.720. The van der Waals surface area contributed by atoms with Crippen molar-refractivity contribution in [3.63, 3.8) is 0 Å². The van der Waals surface area contributed by atoms with Crippen molar-refractivity contribution in [3.05, 3.63) is 107 Å². The molecule has 1 amide bonds. The molecule has 4 rings (SSSR count). The average molecular weight is 581 g/mol. The fraction of sp³-hybridized carbons (Fsp3) is 0.167. The highest BCUT2D eigenvalue weighted by atomic mass is 35.5. The van der Waals surface area contributed by atoms with Crippen LogP contribution in [0.2, 0.25) is 5.02 Å². The maximum absolute atomic E-state index is 13.7. The summed E-state index contributed by atoms with van der Waals surface area (Å²) >= 11 is 6.12. The molecule has 4 aromatic rings. The molecule has 208 valence electrons. The number of aryl methyl sites for hydroxylation is 1. The number of nitrogens with one attached hydrogen (secondary N) is 1. The third-order valence-corrected chi connectivity index (χ3v) is 8.10. The molecule has 0 saturated carbocycles. The summed E-state index contributed by atoms with van der Waals surface area (Å²) in [6, 6.07) is 25.7. The minimum Gasteiger partial charge on any atom is -0.495 e. The van der Waals surface area contributed by atoms with Crippen molar-refractivity contribution in [1.82, 2.24) is 0 Å². The number of carbonyl (C=O) groups is 1. The number of nitrogens with zero attached hydrogens (tertiary/aromatic N) is 1. The molecule has 0 fully saturated rings. The second kappa shape index (κ2) is 12.8. The topological polar surface area (TPSA) is 94.2 Å². The first kappa shape index (κ1) is 28.8. The summed E-state index contributed by atoms with van der Waals surface area (Å²) in [5, 5.41) is 3.06. The molecule has 0 unspecified atom stereocenters. The van der Waals surface area contributed by atoms with Crippen LogP contribution in [-0.4, -0.2) is 35.2 Å². The van der Waals surface area contributed by atoms with Crippen LogP contribution in [0.5, 0.6) is 17.2 Å². The zero-order valence-electron chi connectivity index (χ0n) is 22.3. The van der Waals surface area contributed by atoms with Gasteiger partial charge in [-0.1, -0.05) is 59.6 Å². The van der Waals surface area contributed by atoms with Gasteiger partial charge in [0.15, 0.2) is 6.61 Å². The number of hydrogen-bond donors (Lipinski definition) is 1. The smallest absolute Gasteiger partial charge is 0.264 e. The molecule has 10 heteroatoms. The van der Waals surface area contributed by atoms with Gasteiger partial charge in [-0.2, -0.15) is 0 Å². The highest BCUT2D eigenvalue weighted by Crippen LogP contribution is 2.36. The molecule has 0 aliphatic heterocycles. The van der Waals surface area contributed by atoms with Crippen molar-refractivity contribution in [2.75, 3.05) is 30.4 Å². The third kappa shape index (κ3) is 6.86. The Balaban J connectivity index is 1.50. The lowest BCUT2D eigenvalue weighted by atomic mass is 10.2. The van der Waals surface area contributed by atoms with Crippen molar-refractivity contribution in [1.29, 1.82) is 0 Å². The predicted octanol–water partition coefficient (Wildman–Crippen LogP) is 6.08. The predicted molar refractivity (Wildman–Crippen MR) is 156 cm³/mol. The number of benzene rings is 4. The summed E-state index contributed by atoms with van der Waals surface area (Å²) < 4.78 is 44.8. The zero-order chi connectivity index (χ0) is 28.7. The van der Waals surface area contributed by atoms with Gasteiger partial charge in [-0.05, 0) is 48.9 Å². The molecule has 40 heavy (non-hydrogen) atoms. The average Bonchev–Trinajstić information content (AvgIpc) is 2.96. The van der Waals surface area contributed by atoms with Crippen LogP contribution in [-0.2, 0) is 21.4 Å². The Hall–Kier alpha value is -4.21. The Bertz CT molecular complexity index is 1560. The van der Waals surface area contributed by atoms with E-state index < -0.39 is 15.9 Å². The number of methoxy groups -OCH3 is 2. The van der Waals surface area contributed by atoms with E-state index in [1.165, 1.54) is 18.5 Å². The van der Waals surface area contributed by atoms with Crippen LogP contribution in [0, 0.1) is 6.92 Å². The summed E-state index contributed by atoms with van der Waals surface area (Å²) in [6.45, 7) is 1.76. The first-order valence-corrected chi connectivity index (χ1v) is 14.1. The van der Waals surface area contributed by atoms with Crippen LogP contribution >= 0.6 is 11.6 Å². The maximum Gasteiger partial charge on any atom is 0.264 e. The van der Waals surface area contributed by atoms with Gasteiger partial charge in [0.1, 0.15) is 17.2 Å². The highest BCUT2D eigenvalue weighted by Gasteiger charge is 2.25. The van der Waals surface area contributed by atoms with Crippen molar-refractivity contribution in [3.8, 4) is 17.2 Å². The van der Waals surface area contributed by atoms with Gasteiger partial charge in [0, 0.05) is 12.1 Å². The van der Waals surface area contributed by atoms with E-state index in [1.807, 2.05) is 37.3 Å². The van der Waals surface area contributed by atoms with Crippen LogP contribution in [0.25, 0.3) is 0 Å². The van der Waals surface area contributed by atoms with Gasteiger partial charge in [0.2, 0.25) is 0 Å². The third-order valence-electron chi connectivity index (χ3n) is 6.02. The number of carbonyl (C=O) groups excluding carboxylic acids is 1. The Morgan fingerprint density at radius 2 is 1.52 bits per heavy atom. The number of halogens is 1. The maximum atomic E-state index is 13.7. The Kier molecular flexibility index (Phi) is 9.19. The quantitative estimate of drug-likeness (QED) is 0.231. The van der Waals surface area contributed by atoms with Crippen LogP contribution in [0.3, 0.4) is 0 Å². The minimum absolute atomic E-state index is 0.145. The molecule has 4 aromatic carbocycles. The van der Waals surface area contributed by atoms with Crippen molar-refractivity contribution < 1.29 is 27.4 Å². The molecule has 0 radical (unpaired) electrons. The van der Waals surface area contributed by atoms with Crippen molar-refractivity contribution in [2.45, 2.75) is 18.4 Å². The Morgan fingerprint density at radius 1 is 0.875 bits per heavy atom. The number of ether oxygens (including phenoxy) is 3. The summed E-state index contributed by atoms with van der Waals surface area (Å²) in [6.07, 6.45) is 0. The van der Waals surface area contributed by atoms with Gasteiger partial charge >= 0.3 is 0 Å². The standard InChI is InChI=1S/C30H29ClN2O6S/c1-21-9-15-25(16-10-21)40(35,36)33(19-22-7-5-4-6-8-22)23-11-13-24(14-12-23)39-20-30(34)32-27-18-28(37-2)26(31)17-29(27)38-3/h4-18H,19-20H2,1-3H3,(H,32,34). The van der Waals surface area contributed by atoms with E-state index >= 15 is 0 Å². The van der Waals surface area contributed by atoms with E-state index in [-0.39, 0.29) is 18.0 Å². The van der Waals surface area contributed by atoms with Crippen LogP contribution in [0.1, 0.15) is 11.1 Å². The number of sulfonamides is 1. The van der Waals surface area contributed by atoms with Gasteiger partial charge in [-0.15, -0.1) is 0 Å². The molecule has 1 N–H and O–H groups in total. The molecular weight excluding hydrogens is 552 g/mol.